The van der Waals surface area contributed by atoms with Crippen LogP contribution < -0.4 is 19.5 Å². The summed E-state index contributed by atoms with van der Waals surface area (Å²) in [5.74, 6) is -0.372. The summed E-state index contributed by atoms with van der Waals surface area (Å²) in [6, 6.07) is 3.11. The molecule has 0 saturated heterocycles. The summed E-state index contributed by atoms with van der Waals surface area (Å²) in [7, 11) is 0. The number of aromatic carboxylic acids is 1. The molecule has 0 aliphatic carbocycles. The molecule has 8 nitrogen and oxygen atoms in total. The van der Waals surface area contributed by atoms with E-state index in [4.69, 9.17) is 19.3 Å². The van der Waals surface area contributed by atoms with Crippen LogP contribution in [0.3, 0.4) is 0 Å². The zero-order chi connectivity index (χ0) is 19.1. The maximum Gasteiger partial charge on any atom is 0.355 e. The van der Waals surface area contributed by atoms with Crippen LogP contribution in [0.1, 0.15) is 41.6 Å². The minimum atomic E-state index is -1.15. The number of hydrogen-bond acceptors (Lipinski definition) is 7. The average Bonchev–Trinajstić information content (AvgIpc) is 3.06. The number of nitrogens with zero attached hydrogens (tertiary/aromatic N) is 1. The van der Waals surface area contributed by atoms with Crippen molar-refractivity contribution >= 4 is 28.3 Å². The van der Waals surface area contributed by atoms with E-state index in [9.17, 15) is 9.59 Å². The lowest BCUT2D eigenvalue weighted by molar-refractivity contribution is 0.0691. The Balaban J connectivity index is 2.33. The van der Waals surface area contributed by atoms with Crippen molar-refractivity contribution in [2.45, 2.75) is 20.8 Å². The summed E-state index contributed by atoms with van der Waals surface area (Å²) in [5, 5.41) is 13.0. The van der Waals surface area contributed by atoms with Crippen LogP contribution in [0, 0.1) is 0 Å². The van der Waals surface area contributed by atoms with Crippen LogP contribution in [-0.4, -0.2) is 41.8 Å². The molecular weight excluding hydrogens is 360 g/mol. The van der Waals surface area contributed by atoms with Crippen LogP contribution in [0.2, 0.25) is 0 Å². The number of amides is 1. The maximum absolute atomic E-state index is 12.5. The van der Waals surface area contributed by atoms with Crippen LogP contribution in [0.15, 0.2) is 17.5 Å². The summed E-state index contributed by atoms with van der Waals surface area (Å²) in [6.45, 7) is 6.70. The molecule has 0 aliphatic heterocycles. The molecule has 1 aromatic heterocycles. The van der Waals surface area contributed by atoms with Gasteiger partial charge in [-0.2, -0.15) is 0 Å². The highest BCUT2D eigenvalue weighted by Crippen LogP contribution is 2.39. The number of carboxylic acid groups (broad SMARTS) is 1. The van der Waals surface area contributed by atoms with Crippen molar-refractivity contribution in [3.63, 3.8) is 0 Å². The monoisotopic (exact) mass is 380 g/mol. The Bertz CT molecular complexity index is 762. The van der Waals surface area contributed by atoms with Gasteiger partial charge in [-0.1, -0.05) is 0 Å². The number of ether oxygens (including phenoxy) is 3. The lowest BCUT2D eigenvalue weighted by atomic mass is 10.1. The Morgan fingerprint density at radius 3 is 2.12 bits per heavy atom. The van der Waals surface area contributed by atoms with Gasteiger partial charge in [0.15, 0.2) is 22.3 Å². The van der Waals surface area contributed by atoms with Crippen molar-refractivity contribution in [2.75, 3.05) is 25.1 Å². The largest absolute Gasteiger partial charge is 0.490 e. The number of hydrogen-bond donors (Lipinski definition) is 2. The maximum atomic E-state index is 12.5. The van der Waals surface area contributed by atoms with Gasteiger partial charge in [0.25, 0.3) is 5.91 Å². The van der Waals surface area contributed by atoms with Gasteiger partial charge in [0.1, 0.15) is 0 Å². The number of thiazole rings is 1. The number of aromatic nitrogens is 1. The Morgan fingerprint density at radius 2 is 1.65 bits per heavy atom. The van der Waals surface area contributed by atoms with Crippen molar-refractivity contribution in [1.29, 1.82) is 0 Å². The molecule has 0 radical (unpaired) electrons. The average molecular weight is 380 g/mol. The first-order valence-corrected chi connectivity index (χ1v) is 8.94. The van der Waals surface area contributed by atoms with Crippen LogP contribution >= 0.6 is 11.3 Å². The van der Waals surface area contributed by atoms with Crippen molar-refractivity contribution in [2.24, 2.45) is 0 Å². The van der Waals surface area contributed by atoms with E-state index in [2.05, 4.69) is 10.3 Å². The lowest BCUT2D eigenvalue weighted by Crippen LogP contribution is -2.13. The zero-order valence-corrected chi connectivity index (χ0v) is 15.5. The number of rotatable bonds is 9. The second-order valence-corrected chi connectivity index (χ2v) is 5.76. The standard InChI is InChI=1S/C17H20N2O6S/c1-4-23-12-7-10(8-13(24-5-2)14(12)25-6-3)15(20)19-17-18-11(9-26-17)16(21)22/h7-9H,4-6H2,1-3H3,(H,21,22)(H,18,19,20). The molecule has 0 unspecified atom stereocenters. The molecule has 0 aliphatic rings. The Labute approximate surface area is 154 Å². The van der Waals surface area contributed by atoms with Crippen molar-refractivity contribution in [1.82, 2.24) is 4.98 Å². The Kier molecular flexibility index (Phi) is 6.79. The molecule has 2 N–H and O–H groups in total. The van der Waals surface area contributed by atoms with Crippen LogP contribution in [-0.2, 0) is 0 Å². The molecule has 1 amide bonds. The highest BCUT2D eigenvalue weighted by atomic mass is 32.1. The van der Waals surface area contributed by atoms with Gasteiger partial charge in [-0.15, -0.1) is 11.3 Å². The van der Waals surface area contributed by atoms with Gasteiger partial charge in [-0.05, 0) is 32.9 Å². The van der Waals surface area contributed by atoms with Gasteiger partial charge in [0.05, 0.1) is 19.8 Å². The smallest absolute Gasteiger partial charge is 0.355 e. The van der Waals surface area contributed by atoms with Gasteiger partial charge in [0.2, 0.25) is 5.75 Å². The Hall–Kier alpha value is -2.81. The summed E-state index contributed by atoms with van der Waals surface area (Å²) < 4.78 is 16.8. The van der Waals surface area contributed by atoms with Gasteiger partial charge in [-0.3, -0.25) is 10.1 Å². The van der Waals surface area contributed by atoms with E-state index >= 15 is 0 Å². The summed E-state index contributed by atoms with van der Waals surface area (Å²) in [5.41, 5.74) is 0.162. The third-order valence-electron chi connectivity index (χ3n) is 3.12. The first-order valence-electron chi connectivity index (χ1n) is 8.06. The molecule has 0 fully saturated rings. The predicted octanol–water partition coefficient (Wildman–Crippen LogP) is 3.29. The van der Waals surface area contributed by atoms with Crippen molar-refractivity contribution in [3.8, 4) is 17.2 Å². The Morgan fingerprint density at radius 1 is 1.08 bits per heavy atom. The fourth-order valence-electron chi connectivity index (χ4n) is 2.12. The van der Waals surface area contributed by atoms with Gasteiger partial charge < -0.3 is 19.3 Å². The molecule has 0 spiro atoms. The molecule has 1 aromatic carbocycles. The predicted molar refractivity (Wildman–Crippen MR) is 97.0 cm³/mol. The minimum absolute atomic E-state index is 0.123. The fourth-order valence-corrected chi connectivity index (χ4v) is 2.80. The third kappa shape index (κ3) is 4.63. The highest BCUT2D eigenvalue weighted by Gasteiger charge is 2.19. The van der Waals surface area contributed by atoms with E-state index < -0.39 is 11.9 Å². The number of nitrogens with one attached hydrogen (secondary N) is 1. The molecule has 9 heteroatoms. The molecule has 0 bridgehead atoms. The summed E-state index contributed by atoms with van der Waals surface area (Å²) in [6.07, 6.45) is 0. The van der Waals surface area contributed by atoms with E-state index in [1.165, 1.54) is 5.38 Å². The van der Waals surface area contributed by atoms with Crippen LogP contribution in [0.25, 0.3) is 0 Å². The number of carbonyl (C=O) groups is 2. The second-order valence-electron chi connectivity index (χ2n) is 4.90. The molecule has 1 heterocycles. The van der Waals surface area contributed by atoms with Crippen molar-refractivity contribution in [3.05, 3.63) is 28.8 Å². The summed E-state index contributed by atoms with van der Waals surface area (Å²) >= 11 is 1.03. The SMILES string of the molecule is CCOc1cc(C(=O)Nc2nc(C(=O)O)cs2)cc(OCC)c1OCC. The van der Waals surface area contributed by atoms with Gasteiger partial charge in [-0.25, -0.2) is 9.78 Å². The molecular formula is C17H20N2O6S. The van der Waals surface area contributed by atoms with E-state index in [-0.39, 0.29) is 16.4 Å². The van der Waals surface area contributed by atoms with E-state index in [1.54, 1.807) is 12.1 Å². The van der Waals surface area contributed by atoms with Gasteiger partial charge >= 0.3 is 5.97 Å². The molecule has 2 rings (SSSR count). The van der Waals surface area contributed by atoms with Crippen molar-refractivity contribution < 1.29 is 28.9 Å². The number of carbonyl (C=O) groups excluding carboxylic acids is 1. The quantitative estimate of drug-likeness (QED) is 0.687. The highest BCUT2D eigenvalue weighted by molar-refractivity contribution is 7.14. The third-order valence-corrected chi connectivity index (χ3v) is 3.87. The normalized spacial score (nSPS) is 10.3. The van der Waals surface area contributed by atoms with Crippen LogP contribution in [0.4, 0.5) is 5.13 Å². The number of benzene rings is 1. The topological polar surface area (TPSA) is 107 Å². The molecule has 0 atom stereocenters. The van der Waals surface area contributed by atoms with Gasteiger partial charge in [0, 0.05) is 10.9 Å². The summed E-state index contributed by atoms with van der Waals surface area (Å²) in [4.78, 5) is 27.3. The minimum Gasteiger partial charge on any atom is -0.490 e. The first kappa shape index (κ1) is 19.5. The molecule has 26 heavy (non-hydrogen) atoms. The zero-order valence-electron chi connectivity index (χ0n) is 14.7. The fraction of sp³-hybridized carbons (Fsp3) is 0.353. The van der Waals surface area contributed by atoms with Crippen LogP contribution in [0.5, 0.6) is 17.2 Å². The molecule has 0 saturated carbocycles. The van der Waals surface area contributed by atoms with E-state index in [0.29, 0.717) is 37.1 Å². The van der Waals surface area contributed by atoms with E-state index in [0.717, 1.165) is 11.3 Å². The molecule has 2 aromatic rings. The number of anilines is 1. The van der Waals surface area contributed by atoms with E-state index in [1.807, 2.05) is 20.8 Å². The molecule has 140 valence electrons. The second kappa shape index (κ2) is 9.04. The first-order chi connectivity index (χ1) is 12.5. The lowest BCUT2D eigenvalue weighted by Gasteiger charge is -2.16. The number of carboxylic acids is 1.